The zero-order chi connectivity index (χ0) is 7.11. The van der Waals surface area contributed by atoms with Crippen molar-refractivity contribution in [3.63, 3.8) is 0 Å². The van der Waals surface area contributed by atoms with Crippen LogP contribution >= 0.6 is 0 Å². The number of unbranched alkanes of at least 4 members (excludes halogenated alkanes) is 2. The van der Waals surface area contributed by atoms with Crippen LogP contribution < -0.4 is 5.73 Å². The molecule has 0 spiro atoms. The van der Waals surface area contributed by atoms with Crippen molar-refractivity contribution in [2.75, 3.05) is 0 Å². The lowest BCUT2D eigenvalue weighted by Gasteiger charge is -1.93. The molecule has 0 saturated carbocycles. The maximum absolute atomic E-state index is 6.86. The summed E-state index contributed by atoms with van der Waals surface area (Å²) in [5, 5.41) is 6.86. The van der Waals surface area contributed by atoms with Crippen LogP contribution in [-0.4, -0.2) is 5.84 Å². The van der Waals surface area contributed by atoms with Gasteiger partial charge in [0.25, 0.3) is 0 Å². The highest BCUT2D eigenvalue weighted by molar-refractivity contribution is 5.76. The molecule has 50 valence electrons. The highest BCUT2D eigenvalue weighted by atomic mass is 14.7. The Morgan fingerprint density at radius 3 is 2.67 bits per heavy atom. The van der Waals surface area contributed by atoms with Gasteiger partial charge in [0.2, 0.25) is 0 Å². The van der Waals surface area contributed by atoms with E-state index in [1.54, 1.807) is 0 Å². The molecule has 0 fully saturated rings. The summed E-state index contributed by atoms with van der Waals surface area (Å²) in [5.74, 6) is 2.79. The molecule has 0 atom stereocenters. The first kappa shape index (κ1) is 8.03. The first-order valence-electron chi connectivity index (χ1n) is 3.03. The summed E-state index contributed by atoms with van der Waals surface area (Å²) in [6.07, 6.45) is 8.42. The number of hydrogen-bond donors (Lipinski definition) is 2. The standard InChI is InChI=1S/C7H12N2/c1-2-3-4-5-6-7(8)9/h1H,3-6H2,(H3,8,9). The molecule has 0 aliphatic heterocycles. The molecular formula is C7H12N2. The van der Waals surface area contributed by atoms with E-state index in [2.05, 4.69) is 5.92 Å². The molecule has 0 bridgehead atoms. The van der Waals surface area contributed by atoms with E-state index >= 15 is 0 Å². The van der Waals surface area contributed by atoms with Crippen molar-refractivity contribution in [3.8, 4) is 12.3 Å². The van der Waals surface area contributed by atoms with Gasteiger partial charge in [0, 0.05) is 12.8 Å². The third-order valence-electron chi connectivity index (χ3n) is 1.02. The average molecular weight is 124 g/mol. The van der Waals surface area contributed by atoms with Gasteiger partial charge in [0.1, 0.15) is 0 Å². The number of terminal acetylenes is 1. The topological polar surface area (TPSA) is 49.9 Å². The second-order valence-electron chi connectivity index (χ2n) is 1.94. The van der Waals surface area contributed by atoms with Gasteiger partial charge in [-0.05, 0) is 12.8 Å². The Hall–Kier alpha value is -0.970. The van der Waals surface area contributed by atoms with Crippen LogP contribution in [0.4, 0.5) is 0 Å². The third kappa shape index (κ3) is 7.03. The molecule has 0 aromatic heterocycles. The number of rotatable bonds is 4. The van der Waals surface area contributed by atoms with Crippen molar-refractivity contribution >= 4 is 5.84 Å². The number of nitrogens with two attached hydrogens (primary N) is 1. The first-order chi connectivity index (χ1) is 4.27. The Balaban J connectivity index is 2.94. The third-order valence-corrected chi connectivity index (χ3v) is 1.02. The van der Waals surface area contributed by atoms with Gasteiger partial charge in [-0.15, -0.1) is 12.3 Å². The molecule has 0 aromatic rings. The van der Waals surface area contributed by atoms with E-state index in [1.165, 1.54) is 0 Å². The molecule has 0 amide bonds. The molecule has 0 radical (unpaired) electrons. The van der Waals surface area contributed by atoms with Crippen LogP contribution in [0.1, 0.15) is 25.7 Å². The zero-order valence-corrected chi connectivity index (χ0v) is 5.48. The lowest BCUT2D eigenvalue weighted by Crippen LogP contribution is -2.08. The predicted octanol–water partition coefficient (Wildman–Crippen LogP) is 1.12. The minimum absolute atomic E-state index is 0.257. The van der Waals surface area contributed by atoms with E-state index in [4.69, 9.17) is 17.6 Å². The molecular weight excluding hydrogens is 112 g/mol. The van der Waals surface area contributed by atoms with Crippen molar-refractivity contribution in [3.05, 3.63) is 0 Å². The Labute approximate surface area is 56.0 Å². The Bertz CT molecular complexity index is 121. The van der Waals surface area contributed by atoms with Crippen molar-refractivity contribution in [2.24, 2.45) is 5.73 Å². The van der Waals surface area contributed by atoms with Crippen molar-refractivity contribution < 1.29 is 0 Å². The molecule has 0 aromatic carbocycles. The highest BCUT2D eigenvalue weighted by Gasteiger charge is 1.87. The summed E-state index contributed by atoms with van der Waals surface area (Å²) in [6.45, 7) is 0. The van der Waals surface area contributed by atoms with E-state index in [0.29, 0.717) is 6.42 Å². The first-order valence-corrected chi connectivity index (χ1v) is 3.03. The molecule has 9 heavy (non-hydrogen) atoms. The maximum Gasteiger partial charge on any atom is 0.0905 e. The molecule has 0 aliphatic carbocycles. The molecule has 0 heterocycles. The van der Waals surface area contributed by atoms with E-state index in [1.807, 2.05) is 0 Å². The van der Waals surface area contributed by atoms with Gasteiger partial charge in [0.05, 0.1) is 5.84 Å². The SMILES string of the molecule is C#CCCCCC(=N)N. The molecule has 2 heteroatoms. The monoisotopic (exact) mass is 124 g/mol. The largest absolute Gasteiger partial charge is 0.388 e. The van der Waals surface area contributed by atoms with Gasteiger partial charge in [-0.25, -0.2) is 0 Å². The Morgan fingerprint density at radius 1 is 1.56 bits per heavy atom. The fourth-order valence-electron chi connectivity index (χ4n) is 0.543. The molecule has 3 N–H and O–H groups in total. The molecule has 0 saturated heterocycles. The van der Waals surface area contributed by atoms with Crippen LogP contribution in [0.5, 0.6) is 0 Å². The van der Waals surface area contributed by atoms with Crippen molar-refractivity contribution in [2.45, 2.75) is 25.7 Å². The Morgan fingerprint density at radius 2 is 2.22 bits per heavy atom. The van der Waals surface area contributed by atoms with Gasteiger partial charge in [-0.2, -0.15) is 0 Å². The normalized spacial score (nSPS) is 8.33. The summed E-state index contributed by atoms with van der Waals surface area (Å²) in [4.78, 5) is 0. The smallest absolute Gasteiger partial charge is 0.0905 e. The molecule has 2 nitrogen and oxygen atoms in total. The fourth-order valence-corrected chi connectivity index (χ4v) is 0.543. The Kier molecular flexibility index (Phi) is 4.61. The minimum Gasteiger partial charge on any atom is -0.388 e. The van der Waals surface area contributed by atoms with Crippen molar-refractivity contribution in [1.29, 1.82) is 5.41 Å². The summed E-state index contributed by atoms with van der Waals surface area (Å²) in [5.41, 5.74) is 5.11. The molecule has 0 unspecified atom stereocenters. The number of nitrogens with one attached hydrogen (secondary N) is 1. The zero-order valence-electron chi connectivity index (χ0n) is 5.48. The van der Waals surface area contributed by atoms with Crippen LogP contribution in [0.3, 0.4) is 0 Å². The summed E-state index contributed by atoms with van der Waals surface area (Å²) in [7, 11) is 0. The minimum atomic E-state index is 0.257. The van der Waals surface area contributed by atoms with Gasteiger partial charge >= 0.3 is 0 Å². The second-order valence-corrected chi connectivity index (χ2v) is 1.94. The van der Waals surface area contributed by atoms with Crippen LogP contribution in [0.25, 0.3) is 0 Å². The number of hydrogen-bond acceptors (Lipinski definition) is 1. The lowest BCUT2D eigenvalue weighted by molar-refractivity contribution is 0.784. The van der Waals surface area contributed by atoms with Crippen LogP contribution in [0.15, 0.2) is 0 Å². The van der Waals surface area contributed by atoms with Gasteiger partial charge < -0.3 is 5.73 Å². The summed E-state index contributed by atoms with van der Waals surface area (Å²) >= 11 is 0. The summed E-state index contributed by atoms with van der Waals surface area (Å²) < 4.78 is 0. The maximum atomic E-state index is 6.86. The van der Waals surface area contributed by atoms with E-state index in [-0.39, 0.29) is 5.84 Å². The van der Waals surface area contributed by atoms with E-state index in [0.717, 1.165) is 19.3 Å². The van der Waals surface area contributed by atoms with Crippen LogP contribution in [0.2, 0.25) is 0 Å². The lowest BCUT2D eigenvalue weighted by atomic mass is 10.2. The number of amidine groups is 1. The van der Waals surface area contributed by atoms with Crippen LogP contribution in [-0.2, 0) is 0 Å². The van der Waals surface area contributed by atoms with E-state index in [9.17, 15) is 0 Å². The molecule has 0 aliphatic rings. The quantitative estimate of drug-likeness (QED) is 0.251. The van der Waals surface area contributed by atoms with E-state index < -0.39 is 0 Å². The fraction of sp³-hybridized carbons (Fsp3) is 0.571. The summed E-state index contributed by atoms with van der Waals surface area (Å²) in [6, 6.07) is 0. The van der Waals surface area contributed by atoms with Crippen LogP contribution in [0, 0.1) is 17.8 Å². The predicted molar refractivity (Wildman–Crippen MR) is 39.2 cm³/mol. The average Bonchev–Trinajstić information content (AvgIpc) is 1.80. The second kappa shape index (κ2) is 5.17. The molecule has 0 rings (SSSR count). The van der Waals surface area contributed by atoms with Gasteiger partial charge in [-0.3, -0.25) is 5.41 Å². The van der Waals surface area contributed by atoms with Crippen molar-refractivity contribution in [1.82, 2.24) is 0 Å². The van der Waals surface area contributed by atoms with Gasteiger partial charge in [0.15, 0.2) is 0 Å². The highest BCUT2D eigenvalue weighted by Crippen LogP contribution is 1.96. The van der Waals surface area contributed by atoms with Gasteiger partial charge in [-0.1, -0.05) is 0 Å².